The van der Waals surface area contributed by atoms with Crippen LogP contribution in [0.4, 0.5) is 5.69 Å². The number of aromatic amines is 1. The van der Waals surface area contributed by atoms with Gasteiger partial charge in [0.05, 0.1) is 27.8 Å². The number of anilines is 1. The second-order valence-corrected chi connectivity index (χ2v) is 9.54. The molecule has 0 radical (unpaired) electrons. The molecule has 2 aromatic heterocycles. The Morgan fingerprint density at radius 3 is 2.59 bits per heavy atom. The number of hydrogen-bond donors (Lipinski definition) is 2. The van der Waals surface area contributed by atoms with Gasteiger partial charge in [0.1, 0.15) is 5.82 Å². The number of likely N-dealkylation sites (tertiary alicyclic amines) is 2. The molecule has 4 heterocycles. The zero-order valence-electron chi connectivity index (χ0n) is 19.3. The average Bonchev–Trinajstić information content (AvgIpc) is 3.32. The first kappa shape index (κ1) is 21.1. The van der Waals surface area contributed by atoms with Crippen molar-refractivity contribution in [2.24, 2.45) is 0 Å². The van der Waals surface area contributed by atoms with Crippen molar-refractivity contribution in [2.45, 2.75) is 38.1 Å². The fourth-order valence-electron chi connectivity index (χ4n) is 5.52. The Bertz CT molecular complexity index is 1350. The number of piperidine rings is 2. The van der Waals surface area contributed by atoms with Crippen molar-refractivity contribution >= 4 is 33.5 Å². The largest absolute Gasteiger partial charge is 0.398 e. The SMILES string of the molecule is Nc1c(-c2nc3ccc(C(=O)N4CCC(N5CCCCC5)CC4)cc3[nH]2)cnc2ccccc12. The summed E-state index contributed by atoms with van der Waals surface area (Å²) in [6.07, 6.45) is 7.87. The fraction of sp³-hybridized carbons (Fsp3) is 0.370. The summed E-state index contributed by atoms with van der Waals surface area (Å²) in [6, 6.07) is 14.1. The number of fused-ring (bicyclic) bond motifs is 2. The van der Waals surface area contributed by atoms with E-state index in [0.717, 1.165) is 53.4 Å². The first-order valence-corrected chi connectivity index (χ1v) is 12.3. The average molecular weight is 455 g/mol. The van der Waals surface area contributed by atoms with Crippen LogP contribution in [0.15, 0.2) is 48.7 Å². The summed E-state index contributed by atoms with van der Waals surface area (Å²) >= 11 is 0. The van der Waals surface area contributed by atoms with Gasteiger partial charge in [-0.05, 0) is 63.0 Å². The first-order valence-electron chi connectivity index (χ1n) is 12.3. The minimum atomic E-state index is 0.0991. The van der Waals surface area contributed by atoms with Crippen LogP contribution in [-0.2, 0) is 0 Å². The van der Waals surface area contributed by atoms with Gasteiger partial charge in [-0.25, -0.2) is 4.98 Å². The number of amides is 1. The molecule has 7 heteroatoms. The Morgan fingerprint density at radius 2 is 1.76 bits per heavy atom. The molecule has 0 atom stereocenters. The molecule has 174 valence electrons. The topological polar surface area (TPSA) is 91.1 Å². The smallest absolute Gasteiger partial charge is 0.253 e. The molecule has 2 fully saturated rings. The number of imidazole rings is 1. The van der Waals surface area contributed by atoms with Crippen LogP contribution in [0.3, 0.4) is 0 Å². The van der Waals surface area contributed by atoms with Crippen LogP contribution in [0.1, 0.15) is 42.5 Å². The lowest BCUT2D eigenvalue weighted by molar-refractivity contribution is 0.0590. The van der Waals surface area contributed by atoms with E-state index in [2.05, 4.69) is 14.9 Å². The Labute approximate surface area is 199 Å². The summed E-state index contributed by atoms with van der Waals surface area (Å²) in [4.78, 5) is 30.5. The van der Waals surface area contributed by atoms with Gasteiger partial charge in [-0.1, -0.05) is 24.6 Å². The predicted octanol–water partition coefficient (Wildman–Crippen LogP) is 4.45. The highest BCUT2D eigenvalue weighted by atomic mass is 16.2. The number of hydrogen-bond acceptors (Lipinski definition) is 5. The van der Waals surface area contributed by atoms with Gasteiger partial charge in [0.15, 0.2) is 0 Å². The van der Waals surface area contributed by atoms with Crippen LogP contribution < -0.4 is 5.73 Å². The summed E-state index contributed by atoms with van der Waals surface area (Å²) in [5.74, 6) is 0.764. The van der Waals surface area contributed by atoms with Crippen LogP contribution in [0.25, 0.3) is 33.3 Å². The number of nitrogens with one attached hydrogen (secondary N) is 1. The van der Waals surface area contributed by atoms with E-state index in [4.69, 9.17) is 10.7 Å². The molecule has 2 aromatic carbocycles. The normalized spacial score (nSPS) is 18.1. The van der Waals surface area contributed by atoms with Gasteiger partial charge in [-0.2, -0.15) is 0 Å². The lowest BCUT2D eigenvalue weighted by atomic mass is 9.99. The molecular weight excluding hydrogens is 424 g/mol. The lowest BCUT2D eigenvalue weighted by Crippen LogP contribution is -2.48. The van der Waals surface area contributed by atoms with Gasteiger partial charge in [-0.15, -0.1) is 0 Å². The number of carbonyl (C=O) groups is 1. The predicted molar refractivity (Wildman–Crippen MR) is 136 cm³/mol. The molecule has 0 spiro atoms. The quantitative estimate of drug-likeness (QED) is 0.477. The highest BCUT2D eigenvalue weighted by Crippen LogP contribution is 2.31. The standard InChI is InChI=1S/C27H30N6O/c28-25-20-6-2-3-7-22(20)29-17-21(25)26-30-23-9-8-18(16-24(23)31-26)27(34)33-14-10-19(11-15-33)32-12-4-1-5-13-32/h2-3,6-9,16-17,19H,1,4-5,10-15H2,(H2,28,29)(H,30,31). The van der Waals surface area contributed by atoms with Crippen molar-refractivity contribution in [2.75, 3.05) is 31.9 Å². The fourth-order valence-corrected chi connectivity index (χ4v) is 5.52. The van der Waals surface area contributed by atoms with E-state index in [0.29, 0.717) is 23.1 Å². The molecule has 0 bridgehead atoms. The molecular formula is C27H30N6O. The maximum Gasteiger partial charge on any atom is 0.253 e. The molecule has 3 N–H and O–H groups in total. The van der Waals surface area contributed by atoms with E-state index in [1.165, 1.54) is 32.4 Å². The molecule has 6 rings (SSSR count). The molecule has 1 amide bonds. The van der Waals surface area contributed by atoms with Crippen LogP contribution >= 0.6 is 0 Å². The third-order valence-electron chi connectivity index (χ3n) is 7.46. The maximum atomic E-state index is 13.3. The number of pyridine rings is 1. The van der Waals surface area contributed by atoms with Crippen LogP contribution in [0, 0.1) is 0 Å². The highest BCUT2D eigenvalue weighted by molar-refractivity contribution is 5.99. The van der Waals surface area contributed by atoms with Crippen LogP contribution in [0.2, 0.25) is 0 Å². The van der Waals surface area contributed by atoms with E-state index >= 15 is 0 Å². The number of aromatic nitrogens is 3. The molecule has 34 heavy (non-hydrogen) atoms. The van der Waals surface area contributed by atoms with Gasteiger partial charge in [0.25, 0.3) is 5.91 Å². The molecule has 2 saturated heterocycles. The lowest BCUT2D eigenvalue weighted by Gasteiger charge is -2.40. The molecule has 4 aromatic rings. The number of rotatable bonds is 3. The van der Waals surface area contributed by atoms with Gasteiger partial charge in [0, 0.05) is 36.3 Å². The van der Waals surface area contributed by atoms with Gasteiger partial charge in [0.2, 0.25) is 0 Å². The Hall–Kier alpha value is -3.45. The minimum Gasteiger partial charge on any atom is -0.398 e. The van der Waals surface area contributed by atoms with E-state index in [1.807, 2.05) is 47.4 Å². The summed E-state index contributed by atoms with van der Waals surface area (Å²) in [7, 11) is 0. The number of nitrogens with two attached hydrogens (primary N) is 1. The Kier molecular flexibility index (Phi) is 5.41. The third kappa shape index (κ3) is 3.80. The van der Waals surface area contributed by atoms with Crippen molar-refractivity contribution in [3.8, 4) is 11.4 Å². The van der Waals surface area contributed by atoms with Gasteiger partial charge >= 0.3 is 0 Å². The Balaban J connectivity index is 1.21. The summed E-state index contributed by atoms with van der Waals surface area (Å²) in [6.45, 7) is 4.08. The Morgan fingerprint density at radius 1 is 0.971 bits per heavy atom. The molecule has 7 nitrogen and oxygen atoms in total. The highest BCUT2D eigenvalue weighted by Gasteiger charge is 2.28. The van der Waals surface area contributed by atoms with Crippen molar-refractivity contribution in [1.29, 1.82) is 0 Å². The van der Waals surface area contributed by atoms with Crippen LogP contribution in [-0.4, -0.2) is 62.9 Å². The number of para-hydroxylation sites is 1. The maximum absolute atomic E-state index is 13.3. The molecule has 0 saturated carbocycles. The summed E-state index contributed by atoms with van der Waals surface area (Å²) in [5.41, 5.74) is 11.1. The van der Waals surface area contributed by atoms with Crippen molar-refractivity contribution in [3.05, 3.63) is 54.2 Å². The molecule has 2 aliphatic rings. The number of H-pyrrole nitrogens is 1. The van der Waals surface area contributed by atoms with Crippen molar-refractivity contribution in [1.82, 2.24) is 24.8 Å². The second kappa shape index (κ2) is 8.72. The van der Waals surface area contributed by atoms with E-state index < -0.39 is 0 Å². The van der Waals surface area contributed by atoms with Crippen LogP contribution in [0.5, 0.6) is 0 Å². The van der Waals surface area contributed by atoms with Gasteiger partial charge < -0.3 is 20.5 Å². The number of nitrogens with zero attached hydrogens (tertiary/aromatic N) is 4. The molecule has 2 aliphatic heterocycles. The summed E-state index contributed by atoms with van der Waals surface area (Å²) < 4.78 is 0. The molecule has 0 unspecified atom stereocenters. The van der Waals surface area contributed by atoms with Gasteiger partial charge in [-0.3, -0.25) is 9.78 Å². The third-order valence-corrected chi connectivity index (χ3v) is 7.46. The second-order valence-electron chi connectivity index (χ2n) is 9.54. The monoisotopic (exact) mass is 454 g/mol. The zero-order chi connectivity index (χ0) is 23.1. The van der Waals surface area contributed by atoms with E-state index in [1.54, 1.807) is 6.20 Å². The number of carbonyl (C=O) groups excluding carboxylic acids is 1. The van der Waals surface area contributed by atoms with Crippen molar-refractivity contribution in [3.63, 3.8) is 0 Å². The van der Waals surface area contributed by atoms with E-state index in [9.17, 15) is 4.79 Å². The van der Waals surface area contributed by atoms with Crippen molar-refractivity contribution < 1.29 is 4.79 Å². The first-order chi connectivity index (χ1) is 16.7. The zero-order valence-corrected chi connectivity index (χ0v) is 19.3. The molecule has 0 aliphatic carbocycles. The minimum absolute atomic E-state index is 0.0991. The number of benzene rings is 2. The number of nitrogen functional groups attached to an aromatic ring is 1. The van der Waals surface area contributed by atoms with E-state index in [-0.39, 0.29) is 5.91 Å². The summed E-state index contributed by atoms with van der Waals surface area (Å²) in [5, 5.41) is 0.907.